The fourth-order valence-corrected chi connectivity index (χ4v) is 2.26. The Hall–Kier alpha value is -0.870. The third kappa shape index (κ3) is 3.30. The standard InChI is InChI=1S/C11H12Cl2N2O2/c12-9-5-8(10(13)15-14-9)11(16)17-6-7-3-1-2-4-7/h5,7H,1-4,6H2. The molecule has 1 aromatic heterocycles. The largest absolute Gasteiger partial charge is 0.462 e. The maximum Gasteiger partial charge on any atom is 0.341 e. The van der Waals surface area contributed by atoms with Gasteiger partial charge in [0.05, 0.1) is 6.61 Å². The average molecular weight is 275 g/mol. The maximum absolute atomic E-state index is 11.7. The highest BCUT2D eigenvalue weighted by Crippen LogP contribution is 2.25. The lowest BCUT2D eigenvalue weighted by molar-refractivity contribution is 0.0442. The second-order valence-corrected chi connectivity index (χ2v) is 4.87. The van der Waals surface area contributed by atoms with Gasteiger partial charge in [0.2, 0.25) is 0 Å². The summed E-state index contributed by atoms with van der Waals surface area (Å²) in [5.41, 5.74) is 0.171. The van der Waals surface area contributed by atoms with Crippen molar-refractivity contribution in [3.63, 3.8) is 0 Å². The van der Waals surface area contributed by atoms with E-state index in [9.17, 15) is 4.79 Å². The molecular formula is C11H12Cl2N2O2. The molecule has 1 fully saturated rings. The number of hydrogen-bond acceptors (Lipinski definition) is 4. The molecule has 1 aliphatic carbocycles. The molecule has 1 aromatic rings. The number of carbonyl (C=O) groups is 1. The van der Waals surface area contributed by atoms with Gasteiger partial charge in [-0.15, -0.1) is 10.2 Å². The fraction of sp³-hybridized carbons (Fsp3) is 0.545. The Morgan fingerprint density at radius 1 is 1.35 bits per heavy atom. The number of ether oxygens (including phenoxy) is 1. The van der Waals surface area contributed by atoms with Crippen molar-refractivity contribution >= 4 is 29.2 Å². The van der Waals surface area contributed by atoms with Gasteiger partial charge in [-0.05, 0) is 24.8 Å². The van der Waals surface area contributed by atoms with Crippen LogP contribution in [0.4, 0.5) is 0 Å². The molecule has 1 heterocycles. The van der Waals surface area contributed by atoms with Crippen molar-refractivity contribution in [1.29, 1.82) is 0 Å². The summed E-state index contributed by atoms with van der Waals surface area (Å²) >= 11 is 11.4. The van der Waals surface area contributed by atoms with Crippen LogP contribution in [0.25, 0.3) is 0 Å². The smallest absolute Gasteiger partial charge is 0.341 e. The van der Waals surface area contributed by atoms with E-state index in [1.807, 2.05) is 0 Å². The van der Waals surface area contributed by atoms with Gasteiger partial charge in [-0.1, -0.05) is 36.0 Å². The van der Waals surface area contributed by atoms with E-state index in [0.29, 0.717) is 12.5 Å². The number of carbonyl (C=O) groups excluding carboxylic acids is 1. The predicted octanol–water partition coefficient (Wildman–Crippen LogP) is 3.13. The van der Waals surface area contributed by atoms with Crippen LogP contribution in [-0.2, 0) is 4.74 Å². The molecule has 1 aliphatic rings. The third-order valence-electron chi connectivity index (χ3n) is 2.86. The number of nitrogens with zero attached hydrogens (tertiary/aromatic N) is 2. The van der Waals surface area contributed by atoms with E-state index in [0.717, 1.165) is 12.8 Å². The second-order valence-electron chi connectivity index (χ2n) is 4.12. The van der Waals surface area contributed by atoms with Crippen LogP contribution >= 0.6 is 23.2 Å². The summed E-state index contributed by atoms with van der Waals surface area (Å²) in [6, 6.07) is 1.37. The van der Waals surface area contributed by atoms with Crippen molar-refractivity contribution in [2.24, 2.45) is 5.92 Å². The summed E-state index contributed by atoms with van der Waals surface area (Å²) in [4.78, 5) is 11.7. The number of hydrogen-bond donors (Lipinski definition) is 0. The molecule has 0 amide bonds. The van der Waals surface area contributed by atoms with E-state index in [1.165, 1.54) is 18.9 Å². The van der Waals surface area contributed by atoms with Gasteiger partial charge in [0.1, 0.15) is 5.56 Å². The minimum atomic E-state index is -0.487. The molecule has 0 aliphatic heterocycles. The van der Waals surface area contributed by atoms with Crippen LogP contribution in [0.1, 0.15) is 36.0 Å². The Kier molecular flexibility index (Phi) is 4.18. The molecule has 0 aromatic carbocycles. The van der Waals surface area contributed by atoms with Crippen molar-refractivity contribution in [2.75, 3.05) is 6.61 Å². The van der Waals surface area contributed by atoms with Gasteiger partial charge in [0.15, 0.2) is 10.3 Å². The second kappa shape index (κ2) is 5.65. The molecule has 0 bridgehead atoms. The van der Waals surface area contributed by atoms with Gasteiger partial charge in [0, 0.05) is 0 Å². The summed E-state index contributed by atoms with van der Waals surface area (Å²) < 4.78 is 5.20. The highest BCUT2D eigenvalue weighted by atomic mass is 35.5. The van der Waals surface area contributed by atoms with Gasteiger partial charge in [0.25, 0.3) is 0 Å². The summed E-state index contributed by atoms with van der Waals surface area (Å²) in [5.74, 6) is -0.0123. The van der Waals surface area contributed by atoms with Crippen LogP contribution in [0, 0.1) is 5.92 Å². The summed E-state index contributed by atoms with van der Waals surface area (Å²) in [5, 5.41) is 7.24. The van der Waals surface area contributed by atoms with E-state index in [4.69, 9.17) is 27.9 Å². The molecule has 0 atom stereocenters. The van der Waals surface area contributed by atoms with Crippen molar-refractivity contribution < 1.29 is 9.53 Å². The zero-order valence-electron chi connectivity index (χ0n) is 9.16. The summed E-state index contributed by atoms with van der Waals surface area (Å²) in [7, 11) is 0. The van der Waals surface area contributed by atoms with E-state index >= 15 is 0 Å². The van der Waals surface area contributed by atoms with Gasteiger partial charge in [-0.2, -0.15) is 0 Å². The molecule has 17 heavy (non-hydrogen) atoms. The van der Waals surface area contributed by atoms with Crippen LogP contribution < -0.4 is 0 Å². The minimum Gasteiger partial charge on any atom is -0.462 e. The van der Waals surface area contributed by atoms with E-state index < -0.39 is 5.97 Å². The Morgan fingerprint density at radius 2 is 2.06 bits per heavy atom. The number of halogens is 2. The Labute approximate surface area is 109 Å². The molecule has 0 radical (unpaired) electrons. The molecule has 0 spiro atoms. The van der Waals surface area contributed by atoms with Crippen LogP contribution in [0.15, 0.2) is 6.07 Å². The molecular weight excluding hydrogens is 263 g/mol. The third-order valence-corrected chi connectivity index (χ3v) is 3.33. The van der Waals surface area contributed by atoms with Crippen LogP contribution in [0.5, 0.6) is 0 Å². The zero-order chi connectivity index (χ0) is 12.3. The summed E-state index contributed by atoms with van der Waals surface area (Å²) in [6.07, 6.45) is 4.67. The van der Waals surface area contributed by atoms with Crippen molar-refractivity contribution in [2.45, 2.75) is 25.7 Å². The van der Waals surface area contributed by atoms with Crippen molar-refractivity contribution in [3.8, 4) is 0 Å². The Morgan fingerprint density at radius 3 is 2.76 bits per heavy atom. The fourth-order valence-electron chi connectivity index (χ4n) is 1.94. The molecule has 0 unspecified atom stereocenters. The van der Waals surface area contributed by atoms with E-state index in [1.54, 1.807) is 0 Å². The summed E-state index contributed by atoms with van der Waals surface area (Å²) in [6.45, 7) is 0.440. The first-order valence-corrected chi connectivity index (χ1v) is 6.28. The predicted molar refractivity (Wildman–Crippen MR) is 64.3 cm³/mol. The van der Waals surface area contributed by atoms with Crippen LogP contribution in [-0.4, -0.2) is 22.8 Å². The quantitative estimate of drug-likeness (QED) is 0.795. The van der Waals surface area contributed by atoms with Gasteiger partial charge in [-0.25, -0.2) is 4.79 Å². The minimum absolute atomic E-state index is 0.0193. The van der Waals surface area contributed by atoms with Crippen molar-refractivity contribution in [3.05, 3.63) is 21.9 Å². The van der Waals surface area contributed by atoms with Gasteiger partial charge >= 0.3 is 5.97 Å². The topological polar surface area (TPSA) is 52.1 Å². The highest BCUT2D eigenvalue weighted by molar-refractivity contribution is 6.33. The monoisotopic (exact) mass is 274 g/mol. The lowest BCUT2D eigenvalue weighted by Crippen LogP contribution is -2.13. The molecule has 0 saturated heterocycles. The molecule has 92 valence electrons. The maximum atomic E-state index is 11.7. The highest BCUT2D eigenvalue weighted by Gasteiger charge is 2.19. The SMILES string of the molecule is O=C(OCC1CCCC1)c1cc(Cl)nnc1Cl. The lowest BCUT2D eigenvalue weighted by Gasteiger charge is -2.10. The Balaban J connectivity index is 1.96. The molecule has 6 heteroatoms. The first-order chi connectivity index (χ1) is 8.16. The normalized spacial score (nSPS) is 16.1. The first-order valence-electron chi connectivity index (χ1n) is 5.52. The van der Waals surface area contributed by atoms with Gasteiger partial charge in [-0.3, -0.25) is 0 Å². The van der Waals surface area contributed by atoms with Crippen molar-refractivity contribution in [1.82, 2.24) is 10.2 Å². The molecule has 2 rings (SSSR count). The van der Waals surface area contributed by atoms with Crippen LogP contribution in [0.3, 0.4) is 0 Å². The molecule has 0 N–H and O–H groups in total. The number of rotatable bonds is 3. The Bertz CT molecular complexity index is 420. The molecule has 1 saturated carbocycles. The van der Waals surface area contributed by atoms with E-state index in [2.05, 4.69) is 10.2 Å². The van der Waals surface area contributed by atoms with Gasteiger partial charge < -0.3 is 4.74 Å². The molecule has 4 nitrogen and oxygen atoms in total. The first kappa shape index (κ1) is 12.6. The lowest BCUT2D eigenvalue weighted by atomic mass is 10.1. The average Bonchev–Trinajstić information content (AvgIpc) is 2.82. The van der Waals surface area contributed by atoms with Crippen LogP contribution in [0.2, 0.25) is 10.3 Å². The zero-order valence-corrected chi connectivity index (χ0v) is 10.7. The number of esters is 1. The van der Waals surface area contributed by atoms with E-state index in [-0.39, 0.29) is 15.9 Å². The number of aromatic nitrogens is 2.